The number of carbonyl (C=O) groups excluding carboxylic acids is 3. The summed E-state index contributed by atoms with van der Waals surface area (Å²) >= 11 is 0. The van der Waals surface area contributed by atoms with E-state index in [4.69, 9.17) is 9.47 Å². The number of hydrogen-bond acceptors (Lipinski definition) is 9. The summed E-state index contributed by atoms with van der Waals surface area (Å²) in [6.07, 6.45) is -5.05. The summed E-state index contributed by atoms with van der Waals surface area (Å²) in [6, 6.07) is 2.87. The van der Waals surface area contributed by atoms with Gasteiger partial charge in [0.2, 0.25) is 27.7 Å². The van der Waals surface area contributed by atoms with E-state index >= 15 is 0 Å². The van der Waals surface area contributed by atoms with Crippen LogP contribution in [0.3, 0.4) is 0 Å². The Hall–Kier alpha value is -4.75. The van der Waals surface area contributed by atoms with Gasteiger partial charge in [0.25, 0.3) is 12.3 Å². The number of rotatable bonds is 10. The molecule has 20 heteroatoms. The van der Waals surface area contributed by atoms with Crippen LogP contribution in [0.5, 0.6) is 11.6 Å². The molecule has 0 bridgehead atoms. The van der Waals surface area contributed by atoms with Crippen LogP contribution in [0.4, 0.5) is 26.7 Å². The van der Waals surface area contributed by atoms with Crippen molar-refractivity contribution in [3.05, 3.63) is 42.6 Å². The zero-order valence-electron chi connectivity index (χ0n) is 33.8. The maximum absolute atomic E-state index is 15.0. The van der Waals surface area contributed by atoms with E-state index in [2.05, 4.69) is 15.0 Å². The lowest BCUT2D eigenvalue weighted by molar-refractivity contribution is -0.222. The highest BCUT2D eigenvalue weighted by Crippen LogP contribution is 2.48. The summed E-state index contributed by atoms with van der Waals surface area (Å²) in [5.74, 6) is -4.97. The van der Waals surface area contributed by atoms with E-state index in [1.54, 1.807) is 36.4 Å². The summed E-state index contributed by atoms with van der Waals surface area (Å²) in [4.78, 5) is 61.7. The van der Waals surface area contributed by atoms with Crippen LogP contribution in [-0.4, -0.2) is 112 Å². The Morgan fingerprint density at radius 2 is 1.78 bits per heavy atom. The van der Waals surface area contributed by atoms with Crippen molar-refractivity contribution in [3.63, 3.8) is 0 Å². The standard InChI is InChI=1S/C40H50F5N5O9S/c1-22-10-6-7-11-24-18-39(24,35(53)48-60(56,57)38(5)14-15-38)47-32(51)28-17-25(59-33-27-13-9-8-12-26(27)29(19-46-33)58-21-30(41)42)20-49(28)34(52)31(23(2)16-22)50(36(54)55)37(3,4)40(43,44)45/h7-9,11-13,19,22-25,28,30-31H,6,10,14-18,20-21H2,1-5H3,(H,47,51)(H,48,53)(H,54,55)/b11-7-/t22-,23+,24+,25+,28-,31-,39+/m0/s1. The van der Waals surface area contributed by atoms with Gasteiger partial charge in [-0.3, -0.25) is 24.0 Å². The van der Waals surface area contributed by atoms with Gasteiger partial charge >= 0.3 is 12.3 Å². The van der Waals surface area contributed by atoms with Crippen LogP contribution in [0.2, 0.25) is 0 Å². The molecule has 6 rings (SSSR count). The highest BCUT2D eigenvalue weighted by Gasteiger charge is 2.64. The maximum atomic E-state index is 15.0. The Bertz CT molecular complexity index is 2150. The number of halogens is 5. The van der Waals surface area contributed by atoms with Gasteiger partial charge in [0.15, 0.2) is 0 Å². The van der Waals surface area contributed by atoms with Gasteiger partial charge in [-0.2, -0.15) is 13.2 Å². The van der Waals surface area contributed by atoms with E-state index in [1.807, 2.05) is 6.92 Å². The minimum atomic E-state index is -5.14. The SMILES string of the molecule is C[C@H]1CC/C=C\[C@@H]2C[C@@]2(C(=O)NS(=O)(=O)C2(C)CC2)NC(=O)[C@@H]2C[C@@H](Oc3ncc(OCC(F)F)c4ccccc34)CN2C(=O)[C@@H](N(C(=O)O)C(C)(C)C(F)(F)F)[C@H](C)C1. The van der Waals surface area contributed by atoms with Gasteiger partial charge in [0.1, 0.15) is 41.6 Å². The van der Waals surface area contributed by atoms with Crippen LogP contribution < -0.4 is 19.5 Å². The summed E-state index contributed by atoms with van der Waals surface area (Å²) in [5.41, 5.74) is -4.85. The number of ether oxygens (including phenoxy) is 2. The fraction of sp³-hybridized carbons (Fsp3) is 0.625. The molecule has 7 atom stereocenters. The largest absolute Gasteiger partial charge is 0.485 e. The number of amides is 4. The predicted octanol–water partition coefficient (Wildman–Crippen LogP) is 5.80. The molecule has 1 aromatic heterocycles. The molecule has 0 spiro atoms. The average molecular weight is 872 g/mol. The fourth-order valence-electron chi connectivity index (χ4n) is 8.24. The number of carboxylic acid groups (broad SMARTS) is 1. The van der Waals surface area contributed by atoms with Crippen LogP contribution in [0.1, 0.15) is 79.6 Å². The molecule has 14 nitrogen and oxygen atoms in total. The molecule has 3 fully saturated rings. The molecular formula is C40H50F5N5O9S. The number of hydrogen-bond donors (Lipinski definition) is 3. The fourth-order valence-corrected chi connectivity index (χ4v) is 9.56. The first-order valence-electron chi connectivity index (χ1n) is 19.8. The smallest absolute Gasteiger partial charge is 0.411 e. The minimum Gasteiger partial charge on any atom is -0.485 e. The van der Waals surface area contributed by atoms with Gasteiger partial charge in [-0.15, -0.1) is 0 Å². The number of aromatic nitrogens is 1. The summed E-state index contributed by atoms with van der Waals surface area (Å²) in [5, 5.41) is 13.8. The Labute approximate surface area is 344 Å². The maximum Gasteiger partial charge on any atom is 0.411 e. The topological polar surface area (TPSA) is 185 Å². The molecule has 2 aliphatic heterocycles. The Morgan fingerprint density at radius 1 is 1.12 bits per heavy atom. The molecule has 2 aromatic rings. The van der Waals surface area contributed by atoms with Crippen LogP contribution in [0.25, 0.3) is 10.8 Å². The number of carbonyl (C=O) groups is 4. The molecule has 3 N–H and O–H groups in total. The van der Waals surface area contributed by atoms with E-state index in [9.17, 15) is 54.7 Å². The van der Waals surface area contributed by atoms with Gasteiger partial charge in [0, 0.05) is 23.1 Å². The van der Waals surface area contributed by atoms with Crippen LogP contribution in [0, 0.1) is 17.8 Å². The third kappa shape index (κ3) is 8.70. The van der Waals surface area contributed by atoms with E-state index < -0.39 is 105 Å². The lowest BCUT2D eigenvalue weighted by Crippen LogP contribution is -2.66. The number of alkyl halides is 5. The van der Waals surface area contributed by atoms with Crippen LogP contribution >= 0.6 is 0 Å². The highest BCUT2D eigenvalue weighted by atomic mass is 32.2. The van der Waals surface area contributed by atoms with Gasteiger partial charge < -0.3 is 24.8 Å². The number of allylic oxidation sites excluding steroid dienone is 1. The van der Waals surface area contributed by atoms with Crippen molar-refractivity contribution in [2.24, 2.45) is 17.8 Å². The molecular weight excluding hydrogens is 822 g/mol. The molecule has 0 unspecified atom stereocenters. The monoisotopic (exact) mass is 871 g/mol. The van der Waals surface area contributed by atoms with Crippen molar-refractivity contribution in [2.45, 2.75) is 126 Å². The lowest BCUT2D eigenvalue weighted by atomic mass is 9.85. The minimum absolute atomic E-state index is 0.00552. The number of pyridine rings is 1. The van der Waals surface area contributed by atoms with E-state index in [1.165, 1.54) is 13.8 Å². The molecule has 1 saturated heterocycles. The van der Waals surface area contributed by atoms with Crippen molar-refractivity contribution < 1.29 is 64.1 Å². The number of benzene rings is 1. The first-order valence-corrected chi connectivity index (χ1v) is 21.3. The Kier molecular flexibility index (Phi) is 12.1. The van der Waals surface area contributed by atoms with E-state index in [-0.39, 0.29) is 41.7 Å². The molecule has 0 radical (unpaired) electrons. The van der Waals surface area contributed by atoms with Crippen LogP contribution in [-0.2, 0) is 24.4 Å². The Morgan fingerprint density at radius 3 is 2.40 bits per heavy atom. The molecule has 1 aromatic carbocycles. The van der Waals surface area contributed by atoms with Gasteiger partial charge in [-0.25, -0.2) is 27.0 Å². The third-order valence-electron chi connectivity index (χ3n) is 12.4. The van der Waals surface area contributed by atoms with Crippen molar-refractivity contribution in [3.8, 4) is 11.6 Å². The quantitative estimate of drug-likeness (QED) is 0.195. The van der Waals surface area contributed by atoms with Gasteiger partial charge in [0.05, 0.1) is 17.5 Å². The molecule has 2 saturated carbocycles. The highest BCUT2D eigenvalue weighted by molar-refractivity contribution is 7.91. The Balaban J connectivity index is 1.42. The number of sulfonamides is 1. The van der Waals surface area contributed by atoms with Crippen molar-refractivity contribution in [1.29, 1.82) is 0 Å². The van der Waals surface area contributed by atoms with E-state index in [0.29, 0.717) is 50.3 Å². The first kappa shape index (κ1) is 44.8. The predicted molar refractivity (Wildman–Crippen MR) is 207 cm³/mol. The first-order chi connectivity index (χ1) is 27.9. The summed E-state index contributed by atoms with van der Waals surface area (Å²) in [6.45, 7) is 4.73. The van der Waals surface area contributed by atoms with Crippen molar-refractivity contribution >= 4 is 44.6 Å². The average Bonchev–Trinajstić information content (AvgIpc) is 4.04. The second-order valence-corrected chi connectivity index (χ2v) is 19.5. The third-order valence-corrected chi connectivity index (χ3v) is 14.5. The normalized spacial score (nSPS) is 29.0. The van der Waals surface area contributed by atoms with Gasteiger partial charge in [-0.05, 0) is 77.2 Å². The second kappa shape index (κ2) is 16.3. The molecule has 60 heavy (non-hydrogen) atoms. The number of fused-ring (bicyclic) bond motifs is 3. The number of nitrogens with zero attached hydrogens (tertiary/aromatic N) is 3. The van der Waals surface area contributed by atoms with Gasteiger partial charge in [-0.1, -0.05) is 44.2 Å². The summed E-state index contributed by atoms with van der Waals surface area (Å²) < 4.78 is 109. The molecule has 4 aliphatic rings. The molecule has 4 amide bonds. The van der Waals surface area contributed by atoms with Crippen molar-refractivity contribution in [2.75, 3.05) is 13.2 Å². The zero-order valence-corrected chi connectivity index (χ0v) is 34.6. The van der Waals surface area contributed by atoms with E-state index in [0.717, 1.165) is 11.1 Å². The summed E-state index contributed by atoms with van der Waals surface area (Å²) in [7, 11) is -4.16. The molecule has 2 aliphatic carbocycles. The van der Waals surface area contributed by atoms with Crippen molar-refractivity contribution in [1.82, 2.24) is 24.8 Å². The molecule has 3 heterocycles. The lowest BCUT2D eigenvalue weighted by Gasteiger charge is -2.45. The zero-order chi connectivity index (χ0) is 44.2. The molecule has 330 valence electrons. The second-order valence-electron chi connectivity index (χ2n) is 17.3. The van der Waals surface area contributed by atoms with Crippen LogP contribution in [0.15, 0.2) is 42.6 Å². The number of nitrogens with one attached hydrogen (secondary N) is 2.